The lowest BCUT2D eigenvalue weighted by Crippen LogP contribution is -2.36. The maximum atomic E-state index is 12.1. The highest BCUT2D eigenvalue weighted by Crippen LogP contribution is 2.29. The first-order valence-electron chi connectivity index (χ1n) is 7.54. The zero-order chi connectivity index (χ0) is 16.4. The molecule has 2 N–H and O–H groups in total. The Hall–Kier alpha value is -2.34. The summed E-state index contributed by atoms with van der Waals surface area (Å²) in [6, 6.07) is 8.04. The van der Waals surface area contributed by atoms with Crippen molar-refractivity contribution in [2.75, 3.05) is 0 Å². The first-order chi connectivity index (χ1) is 11.1. The number of aromatic nitrogens is 2. The van der Waals surface area contributed by atoms with Crippen molar-refractivity contribution in [1.29, 1.82) is 0 Å². The van der Waals surface area contributed by atoms with E-state index in [4.69, 9.17) is 0 Å². The third kappa shape index (κ3) is 3.22. The van der Waals surface area contributed by atoms with E-state index in [9.17, 15) is 4.79 Å². The second-order valence-corrected chi connectivity index (χ2v) is 6.53. The highest BCUT2D eigenvalue weighted by atomic mass is 32.1. The quantitative estimate of drug-likeness (QED) is 0.770. The highest BCUT2D eigenvalue weighted by molar-refractivity contribution is 7.17. The summed E-state index contributed by atoms with van der Waals surface area (Å²) in [4.78, 5) is 12.1. The third-order valence-electron chi connectivity index (χ3n) is 4.10. The van der Waals surface area contributed by atoms with Crippen molar-refractivity contribution in [3.63, 3.8) is 0 Å². The van der Waals surface area contributed by atoms with Gasteiger partial charge in [0.1, 0.15) is 0 Å². The number of hydrogen-bond donors (Lipinski definition) is 2. The maximum Gasteiger partial charge on any atom is 0.315 e. The van der Waals surface area contributed by atoms with Crippen LogP contribution in [0.2, 0.25) is 0 Å². The van der Waals surface area contributed by atoms with Crippen molar-refractivity contribution < 1.29 is 4.79 Å². The molecule has 5 nitrogen and oxygen atoms in total. The number of thiophene rings is 1. The number of aryl methyl sites for hydroxylation is 1. The van der Waals surface area contributed by atoms with Crippen LogP contribution in [0, 0.1) is 6.92 Å². The summed E-state index contributed by atoms with van der Waals surface area (Å²) in [6.07, 6.45) is 1.78. The van der Waals surface area contributed by atoms with Gasteiger partial charge in [-0.15, -0.1) is 11.3 Å². The zero-order valence-corrected chi connectivity index (χ0v) is 14.3. The van der Waals surface area contributed by atoms with E-state index in [1.54, 1.807) is 22.2 Å². The number of carbonyl (C=O) groups excluding carboxylic acids is 1. The van der Waals surface area contributed by atoms with Crippen LogP contribution in [0.5, 0.6) is 0 Å². The molecular formula is C17H20N4OS. The topological polar surface area (TPSA) is 59.0 Å². The molecule has 3 rings (SSSR count). The minimum Gasteiger partial charge on any atom is -0.334 e. The van der Waals surface area contributed by atoms with E-state index in [-0.39, 0.29) is 12.1 Å². The Labute approximate surface area is 139 Å². The minimum absolute atomic E-state index is 0.0406. The van der Waals surface area contributed by atoms with Crippen molar-refractivity contribution >= 4 is 27.5 Å². The van der Waals surface area contributed by atoms with Crippen molar-refractivity contribution in [2.45, 2.75) is 26.4 Å². The fourth-order valence-electron chi connectivity index (χ4n) is 2.55. The molecule has 2 aromatic heterocycles. The second kappa shape index (κ2) is 6.42. The predicted molar refractivity (Wildman–Crippen MR) is 93.6 cm³/mol. The number of nitrogens with zero attached hydrogens (tertiary/aromatic N) is 2. The smallest absolute Gasteiger partial charge is 0.315 e. The molecule has 1 atom stereocenters. The Morgan fingerprint density at radius 1 is 1.39 bits per heavy atom. The molecule has 0 aliphatic heterocycles. The lowest BCUT2D eigenvalue weighted by atomic mass is 10.1. The average Bonchev–Trinajstić information content (AvgIpc) is 3.10. The average molecular weight is 328 g/mol. The molecule has 2 amide bonds. The monoisotopic (exact) mass is 328 g/mol. The van der Waals surface area contributed by atoms with E-state index in [0.29, 0.717) is 6.54 Å². The highest BCUT2D eigenvalue weighted by Gasteiger charge is 2.14. The summed E-state index contributed by atoms with van der Waals surface area (Å²) >= 11 is 1.70. The summed E-state index contributed by atoms with van der Waals surface area (Å²) in [5.74, 6) is 0. The lowest BCUT2D eigenvalue weighted by molar-refractivity contribution is 0.237. The van der Waals surface area contributed by atoms with Crippen LogP contribution < -0.4 is 10.6 Å². The van der Waals surface area contributed by atoms with Crippen molar-refractivity contribution in [1.82, 2.24) is 20.4 Å². The maximum absolute atomic E-state index is 12.1. The molecule has 0 fully saturated rings. The first-order valence-corrected chi connectivity index (χ1v) is 8.42. The first kappa shape index (κ1) is 15.6. The summed E-state index contributed by atoms with van der Waals surface area (Å²) < 4.78 is 3.04. The Kier molecular flexibility index (Phi) is 4.34. The summed E-state index contributed by atoms with van der Waals surface area (Å²) in [5, 5.41) is 13.4. The number of rotatable bonds is 4. The molecule has 23 heavy (non-hydrogen) atoms. The van der Waals surface area contributed by atoms with Gasteiger partial charge in [0.2, 0.25) is 0 Å². The molecule has 0 aliphatic rings. The fraction of sp³-hybridized carbons (Fsp3) is 0.294. The van der Waals surface area contributed by atoms with Crippen LogP contribution >= 0.6 is 11.3 Å². The molecule has 120 valence electrons. The summed E-state index contributed by atoms with van der Waals surface area (Å²) in [6.45, 7) is 4.47. The molecular weight excluding hydrogens is 308 g/mol. The minimum atomic E-state index is -0.170. The van der Waals surface area contributed by atoms with Crippen LogP contribution in [0.15, 0.2) is 35.8 Å². The molecule has 0 radical (unpaired) electrons. The van der Waals surface area contributed by atoms with Crippen LogP contribution in [0.25, 0.3) is 10.1 Å². The van der Waals surface area contributed by atoms with E-state index < -0.39 is 0 Å². The molecule has 3 aromatic rings. The van der Waals surface area contributed by atoms with Gasteiger partial charge in [-0.3, -0.25) is 4.68 Å². The standard InChI is InChI=1S/C17H20N4OS/c1-11(15-10-23-16-7-5-4-6-14(15)16)20-17(22)18-8-13-9-19-21(3)12(13)2/h4-7,9-11H,8H2,1-3H3,(H2,18,20,22)/t11-/m1/s1. The molecule has 2 heterocycles. The van der Waals surface area contributed by atoms with Crippen LogP contribution in [-0.2, 0) is 13.6 Å². The predicted octanol–water partition coefficient (Wildman–Crippen LogP) is 3.50. The molecule has 1 aromatic carbocycles. The molecule has 0 saturated heterocycles. The van der Waals surface area contributed by atoms with Gasteiger partial charge in [-0.05, 0) is 36.2 Å². The SMILES string of the molecule is Cc1c(CNC(=O)N[C@H](C)c2csc3ccccc23)cnn1C. The number of fused-ring (bicyclic) bond motifs is 1. The third-order valence-corrected chi connectivity index (χ3v) is 5.08. The number of benzene rings is 1. The van der Waals surface area contributed by atoms with Crippen molar-refractivity contribution in [2.24, 2.45) is 7.05 Å². The molecule has 0 aliphatic carbocycles. The van der Waals surface area contributed by atoms with Gasteiger partial charge in [-0.25, -0.2) is 4.79 Å². The number of urea groups is 1. The van der Waals surface area contributed by atoms with Crippen molar-refractivity contribution in [3.05, 3.63) is 52.7 Å². The largest absolute Gasteiger partial charge is 0.334 e. The van der Waals surface area contributed by atoms with Gasteiger partial charge in [0, 0.05) is 29.5 Å². The van der Waals surface area contributed by atoms with Gasteiger partial charge in [0.05, 0.1) is 12.2 Å². The normalized spacial score (nSPS) is 12.3. The Bertz CT molecular complexity index is 836. The molecule has 6 heteroatoms. The van der Waals surface area contributed by atoms with Gasteiger partial charge in [-0.1, -0.05) is 18.2 Å². The van der Waals surface area contributed by atoms with Crippen LogP contribution in [0.4, 0.5) is 4.79 Å². The van der Waals surface area contributed by atoms with Gasteiger partial charge < -0.3 is 10.6 Å². The Balaban J connectivity index is 1.62. The number of nitrogens with one attached hydrogen (secondary N) is 2. The van der Waals surface area contributed by atoms with E-state index in [2.05, 4.69) is 33.2 Å². The number of carbonyl (C=O) groups is 1. The van der Waals surface area contributed by atoms with Crippen molar-refractivity contribution in [3.8, 4) is 0 Å². The Morgan fingerprint density at radius 3 is 2.91 bits per heavy atom. The van der Waals surface area contributed by atoms with E-state index in [1.165, 1.54) is 10.1 Å². The fourth-order valence-corrected chi connectivity index (χ4v) is 3.61. The summed E-state index contributed by atoms with van der Waals surface area (Å²) in [5.41, 5.74) is 3.23. The van der Waals surface area contributed by atoms with E-state index >= 15 is 0 Å². The van der Waals surface area contributed by atoms with Gasteiger partial charge in [0.25, 0.3) is 0 Å². The molecule has 0 saturated carbocycles. The van der Waals surface area contributed by atoms with Crippen LogP contribution in [0.1, 0.15) is 29.8 Å². The Morgan fingerprint density at radius 2 is 2.17 bits per heavy atom. The van der Waals surface area contributed by atoms with E-state index in [1.807, 2.05) is 33.0 Å². The van der Waals surface area contributed by atoms with Gasteiger partial charge >= 0.3 is 6.03 Å². The molecule has 0 spiro atoms. The second-order valence-electron chi connectivity index (χ2n) is 5.61. The summed E-state index contributed by atoms with van der Waals surface area (Å²) in [7, 11) is 1.89. The lowest BCUT2D eigenvalue weighted by Gasteiger charge is -2.14. The van der Waals surface area contributed by atoms with Gasteiger partial charge in [0.15, 0.2) is 0 Å². The van der Waals surface area contributed by atoms with Crippen LogP contribution in [0.3, 0.4) is 0 Å². The molecule has 0 bridgehead atoms. The van der Waals surface area contributed by atoms with Crippen LogP contribution in [-0.4, -0.2) is 15.8 Å². The number of hydrogen-bond acceptors (Lipinski definition) is 3. The zero-order valence-electron chi connectivity index (χ0n) is 13.5. The molecule has 0 unspecified atom stereocenters. The van der Waals surface area contributed by atoms with Gasteiger partial charge in [-0.2, -0.15) is 5.10 Å². The number of amides is 2. The van der Waals surface area contributed by atoms with E-state index in [0.717, 1.165) is 16.8 Å².